The van der Waals surface area contributed by atoms with Gasteiger partial charge in [0.1, 0.15) is 0 Å². The van der Waals surface area contributed by atoms with Crippen molar-refractivity contribution in [3.63, 3.8) is 0 Å². The van der Waals surface area contributed by atoms with Crippen molar-refractivity contribution in [2.24, 2.45) is 0 Å². The quantitative estimate of drug-likeness (QED) is 0.895. The maximum atomic E-state index is 5.70. The molecule has 0 amide bonds. The number of fused-ring (bicyclic) bond motifs is 1. The van der Waals surface area contributed by atoms with Crippen molar-refractivity contribution in [3.05, 3.63) is 42.0 Å². The lowest BCUT2D eigenvalue weighted by molar-refractivity contribution is 0.288. The van der Waals surface area contributed by atoms with Gasteiger partial charge in [0.15, 0.2) is 11.5 Å². The molecule has 0 saturated heterocycles. The van der Waals surface area contributed by atoms with Crippen LogP contribution < -0.4 is 14.8 Å². The Morgan fingerprint density at radius 2 is 1.62 bits per heavy atom. The van der Waals surface area contributed by atoms with Crippen LogP contribution in [-0.2, 0) is 6.42 Å². The molecular formula is C18H21NO2. The molecule has 0 bridgehead atoms. The summed E-state index contributed by atoms with van der Waals surface area (Å²) in [7, 11) is 0. The van der Waals surface area contributed by atoms with Crippen LogP contribution in [0.3, 0.4) is 0 Å². The Kier molecular flexibility index (Phi) is 4.00. The lowest BCUT2D eigenvalue weighted by atomic mass is 10.0. The van der Waals surface area contributed by atoms with Crippen molar-refractivity contribution in [2.45, 2.75) is 20.3 Å². The Hall–Kier alpha value is -2.16. The van der Waals surface area contributed by atoms with E-state index in [4.69, 9.17) is 9.47 Å². The van der Waals surface area contributed by atoms with Gasteiger partial charge in [-0.15, -0.1) is 0 Å². The van der Waals surface area contributed by atoms with Crippen LogP contribution in [-0.4, -0.2) is 19.8 Å². The van der Waals surface area contributed by atoms with Crippen molar-refractivity contribution in [3.8, 4) is 22.6 Å². The van der Waals surface area contributed by atoms with Crippen molar-refractivity contribution in [2.75, 3.05) is 25.1 Å². The van der Waals surface area contributed by atoms with Gasteiger partial charge in [0.2, 0.25) is 0 Å². The Morgan fingerprint density at radius 3 is 2.43 bits per heavy atom. The Bertz CT molecular complexity index is 637. The molecule has 21 heavy (non-hydrogen) atoms. The molecule has 1 N–H and O–H groups in total. The van der Waals surface area contributed by atoms with Crippen LogP contribution >= 0.6 is 0 Å². The first-order valence-corrected chi connectivity index (χ1v) is 7.58. The van der Waals surface area contributed by atoms with Crippen LogP contribution in [0.25, 0.3) is 11.1 Å². The predicted molar refractivity (Wildman–Crippen MR) is 86.4 cm³/mol. The minimum Gasteiger partial charge on any atom is -0.490 e. The Labute approximate surface area is 125 Å². The standard InChI is InChI=1S/C18H21NO2/c1-3-20-17-8-7-15(12-18(17)21-4-2)14-6-5-13-9-10-19-16(13)11-14/h5-8,11-12,19H,3-4,9-10H2,1-2H3. The van der Waals surface area contributed by atoms with Gasteiger partial charge >= 0.3 is 0 Å². The second-order valence-corrected chi connectivity index (χ2v) is 5.08. The Morgan fingerprint density at radius 1 is 0.905 bits per heavy atom. The molecule has 0 spiro atoms. The van der Waals surface area contributed by atoms with E-state index in [1.165, 1.54) is 16.8 Å². The zero-order chi connectivity index (χ0) is 14.7. The van der Waals surface area contributed by atoms with E-state index in [1.807, 2.05) is 19.9 Å². The molecule has 3 rings (SSSR count). The zero-order valence-electron chi connectivity index (χ0n) is 12.6. The van der Waals surface area contributed by atoms with Gasteiger partial charge in [-0.1, -0.05) is 18.2 Å². The number of rotatable bonds is 5. The predicted octanol–water partition coefficient (Wildman–Crippen LogP) is 4.12. The number of hydrogen-bond acceptors (Lipinski definition) is 3. The number of nitrogens with one attached hydrogen (secondary N) is 1. The van der Waals surface area contributed by atoms with Crippen LogP contribution in [0.2, 0.25) is 0 Å². The van der Waals surface area contributed by atoms with Crippen LogP contribution in [0.1, 0.15) is 19.4 Å². The van der Waals surface area contributed by atoms with E-state index in [1.54, 1.807) is 0 Å². The number of benzene rings is 2. The van der Waals surface area contributed by atoms with E-state index in [9.17, 15) is 0 Å². The summed E-state index contributed by atoms with van der Waals surface area (Å²) in [6, 6.07) is 12.7. The highest BCUT2D eigenvalue weighted by Gasteiger charge is 2.12. The largest absolute Gasteiger partial charge is 0.490 e. The van der Waals surface area contributed by atoms with Gasteiger partial charge in [0, 0.05) is 12.2 Å². The van der Waals surface area contributed by atoms with E-state index < -0.39 is 0 Å². The summed E-state index contributed by atoms with van der Waals surface area (Å²) < 4.78 is 11.3. The summed E-state index contributed by atoms with van der Waals surface area (Å²) in [6.07, 6.45) is 1.11. The minimum absolute atomic E-state index is 0.634. The Balaban J connectivity index is 1.96. The van der Waals surface area contributed by atoms with Crippen molar-refractivity contribution >= 4 is 5.69 Å². The lowest BCUT2D eigenvalue weighted by Gasteiger charge is -2.13. The maximum Gasteiger partial charge on any atom is 0.161 e. The third-order valence-electron chi connectivity index (χ3n) is 3.70. The fraction of sp³-hybridized carbons (Fsp3) is 0.333. The first kappa shape index (κ1) is 13.8. The van der Waals surface area contributed by atoms with Gasteiger partial charge in [0.05, 0.1) is 13.2 Å². The van der Waals surface area contributed by atoms with E-state index >= 15 is 0 Å². The summed E-state index contributed by atoms with van der Waals surface area (Å²) in [6.45, 7) is 6.28. The van der Waals surface area contributed by atoms with Gasteiger partial charge in [-0.05, 0) is 55.2 Å². The molecule has 2 aromatic carbocycles. The minimum atomic E-state index is 0.634. The maximum absolute atomic E-state index is 5.70. The zero-order valence-corrected chi connectivity index (χ0v) is 12.6. The van der Waals surface area contributed by atoms with Crippen molar-refractivity contribution in [1.82, 2.24) is 0 Å². The molecule has 3 heteroatoms. The monoisotopic (exact) mass is 283 g/mol. The fourth-order valence-corrected chi connectivity index (χ4v) is 2.70. The van der Waals surface area contributed by atoms with Crippen LogP contribution in [0.15, 0.2) is 36.4 Å². The topological polar surface area (TPSA) is 30.5 Å². The molecule has 0 atom stereocenters. The highest BCUT2D eigenvalue weighted by Crippen LogP contribution is 2.35. The third kappa shape index (κ3) is 2.82. The summed E-state index contributed by atoms with van der Waals surface area (Å²) in [5.74, 6) is 1.62. The van der Waals surface area contributed by atoms with E-state index in [2.05, 4.69) is 35.6 Å². The first-order valence-electron chi connectivity index (χ1n) is 7.58. The van der Waals surface area contributed by atoms with Gasteiger partial charge in [0.25, 0.3) is 0 Å². The second-order valence-electron chi connectivity index (χ2n) is 5.08. The molecule has 1 aliphatic heterocycles. The van der Waals surface area contributed by atoms with Gasteiger partial charge in [-0.25, -0.2) is 0 Å². The molecule has 110 valence electrons. The van der Waals surface area contributed by atoms with Gasteiger partial charge in [-0.2, -0.15) is 0 Å². The molecule has 0 saturated carbocycles. The van der Waals surface area contributed by atoms with Gasteiger partial charge in [-0.3, -0.25) is 0 Å². The van der Waals surface area contributed by atoms with Crippen molar-refractivity contribution < 1.29 is 9.47 Å². The fourth-order valence-electron chi connectivity index (χ4n) is 2.70. The molecule has 0 fully saturated rings. The first-order chi connectivity index (χ1) is 10.3. The summed E-state index contributed by atoms with van der Waals surface area (Å²) in [4.78, 5) is 0. The number of hydrogen-bond donors (Lipinski definition) is 1. The number of anilines is 1. The average molecular weight is 283 g/mol. The van der Waals surface area contributed by atoms with Crippen LogP contribution in [0, 0.1) is 0 Å². The summed E-state index contributed by atoms with van der Waals surface area (Å²) in [5.41, 5.74) is 5.00. The van der Waals surface area contributed by atoms with E-state index in [0.717, 1.165) is 30.0 Å². The molecule has 1 aliphatic rings. The normalized spacial score (nSPS) is 12.7. The van der Waals surface area contributed by atoms with Gasteiger partial charge < -0.3 is 14.8 Å². The summed E-state index contributed by atoms with van der Waals surface area (Å²) in [5, 5.41) is 3.43. The van der Waals surface area contributed by atoms with Crippen molar-refractivity contribution in [1.29, 1.82) is 0 Å². The molecule has 0 unspecified atom stereocenters. The lowest BCUT2D eigenvalue weighted by Crippen LogP contribution is -1.98. The molecule has 0 aliphatic carbocycles. The van der Waals surface area contributed by atoms with E-state index in [-0.39, 0.29) is 0 Å². The number of ether oxygens (including phenoxy) is 2. The van der Waals surface area contributed by atoms with Crippen LogP contribution in [0.4, 0.5) is 5.69 Å². The molecule has 1 heterocycles. The molecule has 3 nitrogen and oxygen atoms in total. The highest BCUT2D eigenvalue weighted by atomic mass is 16.5. The molecular weight excluding hydrogens is 262 g/mol. The highest BCUT2D eigenvalue weighted by molar-refractivity contribution is 5.73. The second kappa shape index (κ2) is 6.08. The average Bonchev–Trinajstić information content (AvgIpc) is 2.97. The third-order valence-corrected chi connectivity index (χ3v) is 3.70. The SMILES string of the molecule is CCOc1ccc(-c2ccc3c(c2)NCC3)cc1OCC. The molecule has 0 radical (unpaired) electrons. The smallest absolute Gasteiger partial charge is 0.161 e. The van der Waals surface area contributed by atoms with E-state index in [0.29, 0.717) is 13.2 Å². The molecule has 0 aromatic heterocycles. The molecule has 2 aromatic rings. The summed E-state index contributed by atoms with van der Waals surface area (Å²) >= 11 is 0. The van der Waals surface area contributed by atoms with Crippen LogP contribution in [0.5, 0.6) is 11.5 Å².